The Bertz CT molecular complexity index is 940. The van der Waals surface area contributed by atoms with Gasteiger partial charge in [-0.3, -0.25) is 4.79 Å². The Labute approximate surface area is 174 Å². The van der Waals surface area contributed by atoms with Gasteiger partial charge < -0.3 is 9.47 Å². The zero-order chi connectivity index (χ0) is 21.9. The van der Waals surface area contributed by atoms with E-state index in [4.69, 9.17) is 9.47 Å². The highest BCUT2D eigenvalue weighted by Crippen LogP contribution is 2.28. The Morgan fingerprint density at radius 2 is 1.24 bits per heavy atom. The quantitative estimate of drug-likeness (QED) is 0.422. The predicted octanol–water partition coefficient (Wildman–Crippen LogP) is 5.43. The van der Waals surface area contributed by atoms with E-state index < -0.39 is 15.3 Å². The van der Waals surface area contributed by atoms with Gasteiger partial charge in [0, 0.05) is 0 Å². The molecule has 0 aliphatic carbocycles. The molecule has 0 saturated heterocycles. The van der Waals surface area contributed by atoms with Gasteiger partial charge in [-0.2, -0.15) is 0 Å². The van der Waals surface area contributed by atoms with Crippen molar-refractivity contribution in [2.24, 2.45) is 5.41 Å². The van der Waals surface area contributed by atoms with Gasteiger partial charge in [-0.25, -0.2) is 8.42 Å². The molecule has 0 bridgehead atoms. The van der Waals surface area contributed by atoms with Crippen molar-refractivity contribution in [1.29, 1.82) is 0 Å². The van der Waals surface area contributed by atoms with E-state index in [-0.39, 0.29) is 21.4 Å². The molecule has 0 spiro atoms. The molecule has 0 fully saturated rings. The third-order valence-electron chi connectivity index (χ3n) is 5.16. The molecule has 0 aliphatic heterocycles. The minimum absolute atomic E-state index is 0.134. The van der Waals surface area contributed by atoms with Crippen molar-refractivity contribution in [2.75, 3.05) is 0 Å². The van der Waals surface area contributed by atoms with Crippen LogP contribution in [0.2, 0.25) is 0 Å². The molecule has 0 heterocycles. The van der Waals surface area contributed by atoms with Gasteiger partial charge in [0.1, 0.15) is 17.1 Å². The van der Waals surface area contributed by atoms with Crippen molar-refractivity contribution in [3.63, 3.8) is 0 Å². The molecule has 2 aromatic carbocycles. The minimum Gasteiger partial charge on any atom is -0.488 e. The highest BCUT2D eigenvalue weighted by molar-refractivity contribution is 7.91. The Kier molecular flexibility index (Phi) is 6.78. The lowest BCUT2D eigenvalue weighted by atomic mass is 9.91. The van der Waals surface area contributed by atoms with Crippen LogP contribution in [-0.4, -0.2) is 20.0 Å². The van der Waals surface area contributed by atoms with E-state index in [1.807, 2.05) is 41.5 Å². The SMILES string of the molecule is CCC(C)(C)Oc1ccc(S(=O)(=O)c2ccc(OC(=O)C(C)(C)CC)cc2)cc1. The van der Waals surface area contributed by atoms with E-state index in [9.17, 15) is 13.2 Å². The summed E-state index contributed by atoms with van der Waals surface area (Å²) in [5.41, 5.74) is -0.916. The van der Waals surface area contributed by atoms with Gasteiger partial charge in [-0.15, -0.1) is 0 Å². The van der Waals surface area contributed by atoms with Gasteiger partial charge in [0.05, 0.1) is 15.2 Å². The second kappa shape index (κ2) is 8.57. The van der Waals surface area contributed by atoms with E-state index >= 15 is 0 Å². The summed E-state index contributed by atoms with van der Waals surface area (Å²) in [5, 5.41) is 0. The van der Waals surface area contributed by atoms with Crippen LogP contribution >= 0.6 is 0 Å². The summed E-state index contributed by atoms with van der Waals surface area (Å²) in [4.78, 5) is 12.5. The molecule has 0 aliphatic rings. The van der Waals surface area contributed by atoms with Crippen LogP contribution in [0, 0.1) is 5.41 Å². The van der Waals surface area contributed by atoms with E-state index in [0.717, 1.165) is 6.42 Å². The van der Waals surface area contributed by atoms with Crippen molar-refractivity contribution in [2.45, 2.75) is 69.8 Å². The molecular formula is C23H30O5S. The molecule has 158 valence electrons. The molecule has 0 N–H and O–H groups in total. The van der Waals surface area contributed by atoms with E-state index in [0.29, 0.717) is 17.9 Å². The second-order valence-corrected chi connectivity index (χ2v) is 10.2. The first-order valence-corrected chi connectivity index (χ1v) is 11.3. The lowest BCUT2D eigenvalue weighted by Crippen LogP contribution is -2.28. The Morgan fingerprint density at radius 1 is 0.793 bits per heavy atom. The summed E-state index contributed by atoms with van der Waals surface area (Å²) in [5.74, 6) is 0.596. The van der Waals surface area contributed by atoms with E-state index in [2.05, 4.69) is 0 Å². The molecule has 0 radical (unpaired) electrons. The average Bonchev–Trinajstić information content (AvgIpc) is 2.68. The summed E-state index contributed by atoms with van der Waals surface area (Å²) in [6.07, 6.45) is 1.48. The van der Waals surface area contributed by atoms with Crippen molar-refractivity contribution in [1.82, 2.24) is 0 Å². The van der Waals surface area contributed by atoms with Crippen LogP contribution in [0.4, 0.5) is 0 Å². The molecule has 0 aromatic heterocycles. The largest absolute Gasteiger partial charge is 0.488 e. The molecule has 2 rings (SSSR count). The zero-order valence-corrected chi connectivity index (χ0v) is 18.8. The Balaban J connectivity index is 2.18. The number of carbonyl (C=O) groups excluding carboxylic acids is 1. The fourth-order valence-corrected chi connectivity index (χ4v) is 3.55. The number of esters is 1. The van der Waals surface area contributed by atoms with E-state index in [1.54, 1.807) is 12.1 Å². The molecule has 0 amide bonds. The van der Waals surface area contributed by atoms with Gasteiger partial charge in [0.25, 0.3) is 0 Å². The molecule has 6 heteroatoms. The number of carbonyl (C=O) groups is 1. The third-order valence-corrected chi connectivity index (χ3v) is 6.95. The van der Waals surface area contributed by atoms with Crippen LogP contribution in [0.1, 0.15) is 54.4 Å². The highest BCUT2D eigenvalue weighted by Gasteiger charge is 2.28. The van der Waals surface area contributed by atoms with Crippen molar-refractivity contribution in [3.8, 4) is 11.5 Å². The number of rotatable bonds is 8. The van der Waals surface area contributed by atoms with Crippen molar-refractivity contribution < 1.29 is 22.7 Å². The summed E-state index contributed by atoms with van der Waals surface area (Å²) in [6, 6.07) is 12.3. The third kappa shape index (κ3) is 5.60. The van der Waals surface area contributed by atoms with Crippen LogP contribution in [0.3, 0.4) is 0 Å². The Hall–Kier alpha value is -2.34. The molecule has 0 atom stereocenters. The summed E-state index contributed by atoms with van der Waals surface area (Å²) in [7, 11) is -3.68. The van der Waals surface area contributed by atoms with E-state index in [1.165, 1.54) is 36.4 Å². The number of sulfone groups is 1. The first kappa shape index (κ1) is 22.9. The van der Waals surface area contributed by atoms with Crippen molar-refractivity contribution >= 4 is 15.8 Å². The van der Waals surface area contributed by atoms with Gasteiger partial charge in [-0.05, 0) is 89.1 Å². The van der Waals surface area contributed by atoms with Crippen LogP contribution < -0.4 is 9.47 Å². The summed E-state index contributed by atoms with van der Waals surface area (Å²) < 4.78 is 37.0. The fourth-order valence-electron chi connectivity index (χ4n) is 2.29. The predicted molar refractivity (Wildman–Crippen MR) is 113 cm³/mol. The van der Waals surface area contributed by atoms with Crippen LogP contribution in [0.15, 0.2) is 58.3 Å². The lowest BCUT2D eigenvalue weighted by Gasteiger charge is -2.24. The monoisotopic (exact) mass is 418 g/mol. The minimum atomic E-state index is -3.68. The highest BCUT2D eigenvalue weighted by atomic mass is 32.2. The maximum absolute atomic E-state index is 12.9. The van der Waals surface area contributed by atoms with Crippen LogP contribution in [0.25, 0.3) is 0 Å². The van der Waals surface area contributed by atoms with Gasteiger partial charge in [0.2, 0.25) is 9.84 Å². The van der Waals surface area contributed by atoms with Gasteiger partial charge in [0.15, 0.2) is 0 Å². The summed E-state index contributed by atoms with van der Waals surface area (Å²) >= 11 is 0. The van der Waals surface area contributed by atoms with Crippen LogP contribution in [-0.2, 0) is 14.6 Å². The standard InChI is InChI=1S/C23H30O5S/c1-7-22(3,4)21(24)27-17-9-13-19(14-10-17)29(25,26)20-15-11-18(12-16-20)28-23(5,6)8-2/h9-16H,7-8H2,1-6H3. The van der Waals surface area contributed by atoms with Gasteiger partial charge >= 0.3 is 5.97 Å². The molecule has 2 aromatic rings. The average molecular weight is 419 g/mol. The van der Waals surface area contributed by atoms with Gasteiger partial charge in [-0.1, -0.05) is 13.8 Å². The maximum atomic E-state index is 12.9. The number of hydrogen-bond donors (Lipinski definition) is 0. The maximum Gasteiger partial charge on any atom is 0.316 e. The first-order chi connectivity index (χ1) is 13.4. The van der Waals surface area contributed by atoms with Crippen molar-refractivity contribution in [3.05, 3.63) is 48.5 Å². The molecule has 29 heavy (non-hydrogen) atoms. The number of benzene rings is 2. The molecule has 5 nitrogen and oxygen atoms in total. The molecular weight excluding hydrogens is 388 g/mol. The normalized spacial score (nSPS) is 12.5. The van der Waals surface area contributed by atoms with Crippen LogP contribution in [0.5, 0.6) is 11.5 Å². The Morgan fingerprint density at radius 3 is 1.66 bits per heavy atom. The lowest BCUT2D eigenvalue weighted by molar-refractivity contribution is -0.144. The molecule has 0 saturated carbocycles. The topological polar surface area (TPSA) is 69.7 Å². The smallest absolute Gasteiger partial charge is 0.316 e. The first-order valence-electron chi connectivity index (χ1n) is 9.78. The summed E-state index contributed by atoms with van der Waals surface area (Å²) in [6.45, 7) is 11.5. The zero-order valence-electron chi connectivity index (χ0n) is 18.0. The fraction of sp³-hybridized carbons (Fsp3) is 0.435. The number of hydrogen-bond acceptors (Lipinski definition) is 5. The second-order valence-electron chi connectivity index (χ2n) is 8.29. The number of ether oxygens (including phenoxy) is 2. The molecule has 0 unspecified atom stereocenters.